The molecule has 0 saturated carbocycles. The van der Waals surface area contributed by atoms with E-state index in [9.17, 15) is 33.9 Å². The minimum absolute atomic E-state index is 0.0373. The summed E-state index contributed by atoms with van der Waals surface area (Å²) in [7, 11) is 0. The topological polar surface area (TPSA) is 245 Å². The van der Waals surface area contributed by atoms with Crippen molar-refractivity contribution in [2.45, 2.75) is 76.7 Å². The lowest BCUT2D eigenvalue weighted by molar-refractivity contribution is -0.147. The van der Waals surface area contributed by atoms with Gasteiger partial charge in [-0.05, 0) is 25.7 Å². The van der Waals surface area contributed by atoms with E-state index in [-0.39, 0.29) is 18.8 Å². The molecule has 33 heavy (non-hydrogen) atoms. The Morgan fingerprint density at radius 2 is 1.33 bits per heavy atom. The molecule has 0 radical (unpaired) electrons. The first-order valence-electron chi connectivity index (χ1n) is 10.2. The van der Waals surface area contributed by atoms with Crippen LogP contribution in [0.25, 0.3) is 0 Å². The summed E-state index contributed by atoms with van der Waals surface area (Å²) < 4.78 is 0. The highest BCUT2D eigenvalue weighted by Gasteiger charge is 2.33. The molecule has 0 aromatic rings. The van der Waals surface area contributed by atoms with Gasteiger partial charge in [0.2, 0.25) is 17.7 Å². The van der Waals surface area contributed by atoms with Crippen LogP contribution in [0.15, 0.2) is 0 Å². The molecule has 0 rings (SSSR count). The zero-order chi connectivity index (χ0) is 25.9. The Morgan fingerprint density at radius 1 is 0.788 bits per heavy atom. The number of rotatable bonds is 15. The van der Waals surface area contributed by atoms with Crippen molar-refractivity contribution >= 4 is 35.6 Å². The van der Waals surface area contributed by atoms with Gasteiger partial charge in [0.05, 0.1) is 18.6 Å². The second-order valence-corrected chi connectivity index (χ2v) is 7.95. The summed E-state index contributed by atoms with van der Waals surface area (Å²) in [5, 5.41) is 43.1. The average Bonchev–Trinajstić information content (AvgIpc) is 2.67. The van der Waals surface area contributed by atoms with Gasteiger partial charge in [-0.1, -0.05) is 13.8 Å². The molecule has 9 N–H and O–H groups in total. The van der Waals surface area contributed by atoms with Crippen LogP contribution in [-0.2, 0) is 28.8 Å². The third-order valence-electron chi connectivity index (χ3n) is 4.40. The monoisotopic (exact) mass is 476 g/mol. The standard InChI is InChI=1S/C19H32N4O10/c1-8(2)6-11(17(30)22-12(19(32)33)7-14(27)28)21-18(31)15(9(3)24)23-16(29)10(20)4-5-13(25)26/h8-12,15,24H,4-7,20H2,1-3H3,(H,21,31)(H,22,30)(H,23,29)(H,25,26)(H,27,28)(H,32,33). The highest BCUT2D eigenvalue weighted by molar-refractivity contribution is 5.95. The Labute approximate surface area is 189 Å². The predicted molar refractivity (Wildman–Crippen MR) is 112 cm³/mol. The van der Waals surface area contributed by atoms with Crippen LogP contribution in [0, 0.1) is 5.92 Å². The lowest BCUT2D eigenvalue weighted by atomic mass is 10.0. The van der Waals surface area contributed by atoms with Gasteiger partial charge >= 0.3 is 17.9 Å². The highest BCUT2D eigenvalue weighted by atomic mass is 16.4. The number of hydrogen-bond donors (Lipinski definition) is 8. The number of carboxylic acids is 3. The zero-order valence-electron chi connectivity index (χ0n) is 18.6. The molecule has 0 saturated heterocycles. The number of amides is 3. The van der Waals surface area contributed by atoms with Gasteiger partial charge in [-0.2, -0.15) is 0 Å². The summed E-state index contributed by atoms with van der Waals surface area (Å²) in [5.74, 6) is -7.20. The van der Waals surface area contributed by atoms with Gasteiger partial charge in [-0.25, -0.2) is 4.79 Å². The molecule has 5 unspecified atom stereocenters. The normalized spacial score (nSPS) is 15.5. The Kier molecular flexibility index (Phi) is 12.6. The number of carboxylic acid groups (broad SMARTS) is 3. The van der Waals surface area contributed by atoms with Gasteiger partial charge in [0.1, 0.15) is 18.1 Å². The first-order valence-corrected chi connectivity index (χ1v) is 10.2. The number of nitrogens with one attached hydrogen (secondary N) is 3. The molecule has 0 aromatic carbocycles. The first kappa shape index (κ1) is 29.7. The molecule has 14 heteroatoms. The van der Waals surface area contributed by atoms with Gasteiger partial charge in [0.15, 0.2) is 0 Å². The van der Waals surface area contributed by atoms with Crippen molar-refractivity contribution in [3.8, 4) is 0 Å². The van der Waals surface area contributed by atoms with Crippen LogP contribution in [0.1, 0.15) is 46.5 Å². The van der Waals surface area contributed by atoms with Crippen molar-refractivity contribution in [2.75, 3.05) is 0 Å². The Hall–Kier alpha value is -3.26. The average molecular weight is 476 g/mol. The maximum atomic E-state index is 12.7. The van der Waals surface area contributed by atoms with Crippen molar-refractivity contribution in [3.63, 3.8) is 0 Å². The van der Waals surface area contributed by atoms with E-state index in [1.807, 2.05) is 0 Å². The molecule has 188 valence electrons. The van der Waals surface area contributed by atoms with E-state index in [0.29, 0.717) is 0 Å². The number of carbonyl (C=O) groups is 6. The summed E-state index contributed by atoms with van der Waals surface area (Å²) >= 11 is 0. The number of aliphatic hydroxyl groups is 1. The number of aliphatic hydroxyl groups excluding tert-OH is 1. The summed E-state index contributed by atoms with van der Waals surface area (Å²) in [5.41, 5.74) is 5.60. The summed E-state index contributed by atoms with van der Waals surface area (Å²) in [6.07, 6.45) is -2.88. The summed E-state index contributed by atoms with van der Waals surface area (Å²) in [6.45, 7) is 4.62. The third kappa shape index (κ3) is 11.8. The largest absolute Gasteiger partial charge is 0.481 e. The summed E-state index contributed by atoms with van der Waals surface area (Å²) in [6, 6.07) is -5.85. The molecule has 0 aromatic heterocycles. The van der Waals surface area contributed by atoms with Crippen molar-refractivity contribution in [1.82, 2.24) is 16.0 Å². The molecular weight excluding hydrogens is 444 g/mol. The van der Waals surface area contributed by atoms with E-state index in [1.54, 1.807) is 13.8 Å². The molecular formula is C19H32N4O10. The Balaban J connectivity index is 5.42. The van der Waals surface area contributed by atoms with Gasteiger partial charge in [-0.3, -0.25) is 24.0 Å². The van der Waals surface area contributed by atoms with Crippen molar-refractivity contribution in [2.24, 2.45) is 11.7 Å². The minimum Gasteiger partial charge on any atom is -0.481 e. The van der Waals surface area contributed by atoms with Crippen LogP contribution >= 0.6 is 0 Å². The van der Waals surface area contributed by atoms with Crippen molar-refractivity contribution in [1.29, 1.82) is 0 Å². The fraction of sp³-hybridized carbons (Fsp3) is 0.684. The second kappa shape index (κ2) is 14.0. The molecule has 3 amide bonds. The Bertz CT molecular complexity index is 740. The highest BCUT2D eigenvalue weighted by Crippen LogP contribution is 2.08. The quantitative estimate of drug-likeness (QED) is 0.124. The number of nitrogens with two attached hydrogens (primary N) is 1. The van der Waals surface area contributed by atoms with E-state index in [2.05, 4.69) is 16.0 Å². The summed E-state index contributed by atoms with van der Waals surface area (Å²) in [4.78, 5) is 70.1. The van der Waals surface area contributed by atoms with Crippen LogP contribution < -0.4 is 21.7 Å². The SMILES string of the molecule is CC(C)CC(NC(=O)C(NC(=O)C(N)CCC(=O)O)C(C)O)C(=O)NC(CC(=O)O)C(=O)O. The molecule has 0 aliphatic heterocycles. The van der Waals surface area contributed by atoms with Gasteiger partial charge in [-0.15, -0.1) is 0 Å². The van der Waals surface area contributed by atoms with Crippen LogP contribution in [0.2, 0.25) is 0 Å². The first-order chi connectivity index (χ1) is 15.1. The van der Waals surface area contributed by atoms with E-state index in [4.69, 9.17) is 21.1 Å². The van der Waals surface area contributed by atoms with Crippen molar-refractivity contribution in [3.05, 3.63) is 0 Å². The van der Waals surface area contributed by atoms with Gasteiger partial charge < -0.3 is 42.1 Å². The van der Waals surface area contributed by atoms with E-state index >= 15 is 0 Å². The number of carbonyl (C=O) groups excluding carboxylic acids is 3. The smallest absolute Gasteiger partial charge is 0.326 e. The van der Waals surface area contributed by atoms with E-state index < -0.39 is 78.7 Å². The molecule has 0 aliphatic carbocycles. The lowest BCUT2D eigenvalue weighted by Gasteiger charge is -2.27. The zero-order valence-corrected chi connectivity index (χ0v) is 18.6. The van der Waals surface area contributed by atoms with E-state index in [1.165, 1.54) is 6.92 Å². The van der Waals surface area contributed by atoms with Gasteiger partial charge in [0, 0.05) is 6.42 Å². The minimum atomic E-state index is -1.74. The molecule has 0 spiro atoms. The second-order valence-electron chi connectivity index (χ2n) is 7.95. The van der Waals surface area contributed by atoms with Crippen molar-refractivity contribution < 1.29 is 49.2 Å². The van der Waals surface area contributed by atoms with Crippen LogP contribution in [0.3, 0.4) is 0 Å². The molecule has 0 bridgehead atoms. The van der Waals surface area contributed by atoms with Crippen LogP contribution in [0.5, 0.6) is 0 Å². The van der Waals surface area contributed by atoms with Crippen LogP contribution in [-0.4, -0.2) is 86.3 Å². The predicted octanol–water partition coefficient (Wildman–Crippen LogP) is -2.38. The molecule has 5 atom stereocenters. The molecule has 0 fully saturated rings. The molecule has 0 aliphatic rings. The maximum Gasteiger partial charge on any atom is 0.326 e. The Morgan fingerprint density at radius 3 is 1.76 bits per heavy atom. The van der Waals surface area contributed by atoms with Gasteiger partial charge in [0.25, 0.3) is 0 Å². The number of aliphatic carboxylic acids is 3. The molecule has 0 heterocycles. The van der Waals surface area contributed by atoms with E-state index in [0.717, 1.165) is 0 Å². The fourth-order valence-corrected chi connectivity index (χ4v) is 2.69. The number of hydrogen-bond acceptors (Lipinski definition) is 8. The lowest BCUT2D eigenvalue weighted by Crippen LogP contribution is -2.60. The fourth-order valence-electron chi connectivity index (χ4n) is 2.69. The molecule has 14 nitrogen and oxygen atoms in total. The third-order valence-corrected chi connectivity index (χ3v) is 4.40. The van der Waals surface area contributed by atoms with Crippen LogP contribution in [0.4, 0.5) is 0 Å². The maximum absolute atomic E-state index is 12.7.